The average Bonchev–Trinajstić information content (AvgIpc) is 2.85. The van der Waals surface area contributed by atoms with Crippen LogP contribution in [0.3, 0.4) is 0 Å². The zero-order valence-corrected chi connectivity index (χ0v) is 9.16. The number of halogens is 1. The fourth-order valence-corrected chi connectivity index (χ4v) is 1.56. The molecule has 1 N–H and O–H groups in total. The van der Waals surface area contributed by atoms with Gasteiger partial charge in [0, 0.05) is 5.69 Å². The highest BCUT2D eigenvalue weighted by Crippen LogP contribution is 2.15. The minimum Gasteiger partial charge on any atom is -0.321 e. The number of amides is 1. The molecule has 2 rings (SSSR count). The molecule has 0 bridgehead atoms. The number of nitrogens with zero attached hydrogens (tertiary/aromatic N) is 3. The Morgan fingerprint density at radius 3 is 3.00 bits per heavy atom. The largest absolute Gasteiger partial charge is 0.321 e. The molecule has 0 atom stereocenters. The highest BCUT2D eigenvalue weighted by Gasteiger charge is 2.10. The first-order valence-corrected chi connectivity index (χ1v) is 5.26. The van der Waals surface area contributed by atoms with Gasteiger partial charge in [-0.15, -0.1) is 5.10 Å². The Morgan fingerprint density at radius 1 is 1.53 bits per heavy atom. The molecule has 2 aromatic rings. The zero-order valence-electron chi connectivity index (χ0n) is 8.35. The first-order valence-electron chi connectivity index (χ1n) is 4.49. The molecule has 1 aromatic carbocycles. The van der Waals surface area contributed by atoms with Crippen LogP contribution in [0.15, 0.2) is 24.4 Å². The number of hydrogen-bond acceptors (Lipinski definition) is 5. The summed E-state index contributed by atoms with van der Waals surface area (Å²) in [5.74, 6) is -1.01. The van der Waals surface area contributed by atoms with Gasteiger partial charge in [-0.05, 0) is 29.7 Å². The van der Waals surface area contributed by atoms with Crippen molar-refractivity contribution in [3.63, 3.8) is 0 Å². The van der Waals surface area contributed by atoms with E-state index in [9.17, 15) is 9.18 Å². The van der Waals surface area contributed by atoms with Crippen molar-refractivity contribution in [2.24, 2.45) is 0 Å². The van der Waals surface area contributed by atoms with Crippen LogP contribution in [0.2, 0.25) is 0 Å². The normalized spacial score (nSPS) is 9.65. The first kappa shape index (κ1) is 11.2. The summed E-state index contributed by atoms with van der Waals surface area (Å²) in [6, 6.07) is 5.46. The summed E-state index contributed by atoms with van der Waals surface area (Å²) in [7, 11) is 0. The van der Waals surface area contributed by atoms with Crippen LogP contribution in [0.25, 0.3) is 0 Å². The zero-order chi connectivity index (χ0) is 12.3. The molecule has 0 saturated heterocycles. The topological polar surface area (TPSA) is 78.7 Å². The van der Waals surface area contributed by atoms with E-state index in [0.29, 0.717) is 10.6 Å². The van der Waals surface area contributed by atoms with E-state index in [4.69, 9.17) is 5.26 Å². The minimum absolute atomic E-state index is 0.120. The molecule has 0 aliphatic heterocycles. The van der Waals surface area contributed by atoms with Gasteiger partial charge >= 0.3 is 0 Å². The molecule has 1 amide bonds. The van der Waals surface area contributed by atoms with Gasteiger partial charge in [0.25, 0.3) is 5.91 Å². The van der Waals surface area contributed by atoms with Crippen molar-refractivity contribution < 1.29 is 9.18 Å². The third-order valence-electron chi connectivity index (χ3n) is 1.93. The molecule has 7 heteroatoms. The lowest BCUT2D eigenvalue weighted by Crippen LogP contribution is -2.10. The monoisotopic (exact) mass is 248 g/mol. The van der Waals surface area contributed by atoms with Gasteiger partial charge in [0.15, 0.2) is 0 Å². The van der Waals surface area contributed by atoms with Crippen molar-refractivity contribution in [1.82, 2.24) is 9.59 Å². The Balaban J connectivity index is 2.20. The quantitative estimate of drug-likeness (QED) is 0.878. The van der Waals surface area contributed by atoms with Gasteiger partial charge in [0.05, 0.1) is 11.8 Å². The maximum absolute atomic E-state index is 13.0. The molecule has 0 saturated carbocycles. The number of aromatic nitrogens is 2. The van der Waals surface area contributed by atoms with E-state index < -0.39 is 11.7 Å². The SMILES string of the molecule is N#Cc1cc(NC(=O)c2cnns2)ccc1F. The Hall–Kier alpha value is -2.33. The lowest BCUT2D eigenvalue weighted by molar-refractivity contribution is 0.103. The van der Waals surface area contributed by atoms with Gasteiger partial charge in [-0.3, -0.25) is 4.79 Å². The van der Waals surface area contributed by atoms with E-state index in [1.165, 1.54) is 18.3 Å². The van der Waals surface area contributed by atoms with Crippen LogP contribution < -0.4 is 5.32 Å². The number of hydrogen-bond donors (Lipinski definition) is 1. The Kier molecular flexibility index (Phi) is 3.07. The third-order valence-corrected chi connectivity index (χ3v) is 2.59. The Labute approximate surface area is 99.7 Å². The fraction of sp³-hybridized carbons (Fsp3) is 0. The number of benzene rings is 1. The highest BCUT2D eigenvalue weighted by atomic mass is 32.1. The predicted molar refractivity (Wildman–Crippen MR) is 59.0 cm³/mol. The van der Waals surface area contributed by atoms with Crippen LogP contribution >= 0.6 is 11.5 Å². The van der Waals surface area contributed by atoms with E-state index in [2.05, 4.69) is 14.9 Å². The van der Waals surface area contributed by atoms with Crippen molar-refractivity contribution in [3.05, 3.63) is 40.7 Å². The maximum Gasteiger partial charge on any atom is 0.269 e. The highest BCUT2D eigenvalue weighted by molar-refractivity contribution is 7.07. The Morgan fingerprint density at radius 2 is 2.35 bits per heavy atom. The van der Waals surface area contributed by atoms with E-state index in [1.54, 1.807) is 6.07 Å². The fourth-order valence-electron chi connectivity index (χ4n) is 1.15. The van der Waals surface area contributed by atoms with Crippen LogP contribution in [0.5, 0.6) is 0 Å². The molecule has 0 aliphatic rings. The first-order chi connectivity index (χ1) is 8.20. The summed E-state index contributed by atoms with van der Waals surface area (Å²) in [6.07, 6.45) is 1.33. The second-order valence-electron chi connectivity index (χ2n) is 3.04. The Bertz CT molecular complexity index is 591. The molecule has 0 spiro atoms. The molecular weight excluding hydrogens is 243 g/mol. The standard InChI is InChI=1S/C10H5FN4OS/c11-8-2-1-7(3-6(8)4-12)14-10(16)9-5-13-15-17-9/h1-3,5H,(H,14,16). The second-order valence-corrected chi connectivity index (χ2v) is 3.83. The van der Waals surface area contributed by atoms with Crippen molar-refractivity contribution in [1.29, 1.82) is 5.26 Å². The number of rotatable bonds is 2. The van der Waals surface area contributed by atoms with Crippen LogP contribution in [0.1, 0.15) is 15.2 Å². The van der Waals surface area contributed by atoms with E-state index in [0.717, 1.165) is 17.6 Å². The molecule has 17 heavy (non-hydrogen) atoms. The predicted octanol–water partition coefficient (Wildman–Crippen LogP) is 1.80. The second kappa shape index (κ2) is 4.67. The van der Waals surface area contributed by atoms with Gasteiger partial charge in [-0.2, -0.15) is 5.26 Å². The van der Waals surface area contributed by atoms with Crippen LogP contribution in [-0.2, 0) is 0 Å². The summed E-state index contributed by atoms with van der Waals surface area (Å²) in [5, 5.41) is 14.7. The molecule has 1 heterocycles. The molecule has 84 valence electrons. The molecule has 1 aromatic heterocycles. The summed E-state index contributed by atoms with van der Waals surface area (Å²) in [5.41, 5.74) is 0.228. The van der Waals surface area contributed by atoms with E-state index >= 15 is 0 Å². The van der Waals surface area contributed by atoms with Gasteiger partial charge < -0.3 is 5.32 Å². The van der Waals surface area contributed by atoms with Crippen LogP contribution in [0, 0.1) is 17.1 Å². The third kappa shape index (κ3) is 2.43. The van der Waals surface area contributed by atoms with Gasteiger partial charge in [-0.1, -0.05) is 4.49 Å². The number of anilines is 1. The van der Waals surface area contributed by atoms with E-state index in [-0.39, 0.29) is 5.56 Å². The summed E-state index contributed by atoms with van der Waals surface area (Å²) in [4.78, 5) is 11.9. The van der Waals surface area contributed by atoms with Crippen molar-refractivity contribution >= 4 is 23.1 Å². The van der Waals surface area contributed by atoms with Gasteiger partial charge in [0.1, 0.15) is 16.8 Å². The molecular formula is C10H5FN4OS. The lowest BCUT2D eigenvalue weighted by atomic mass is 10.2. The molecule has 5 nitrogen and oxygen atoms in total. The molecule has 0 aliphatic carbocycles. The maximum atomic E-state index is 13.0. The smallest absolute Gasteiger partial charge is 0.269 e. The molecule has 0 radical (unpaired) electrons. The summed E-state index contributed by atoms with van der Waals surface area (Å²) >= 11 is 0.951. The number of carbonyl (C=O) groups is 1. The lowest BCUT2D eigenvalue weighted by Gasteiger charge is -2.03. The number of carbonyl (C=O) groups excluding carboxylic acids is 1. The minimum atomic E-state index is -0.620. The van der Waals surface area contributed by atoms with Gasteiger partial charge in [-0.25, -0.2) is 4.39 Å². The van der Waals surface area contributed by atoms with Crippen LogP contribution in [-0.4, -0.2) is 15.5 Å². The van der Waals surface area contributed by atoms with Crippen molar-refractivity contribution in [2.45, 2.75) is 0 Å². The summed E-state index contributed by atoms with van der Waals surface area (Å²) in [6.45, 7) is 0. The van der Waals surface area contributed by atoms with Gasteiger partial charge in [0.2, 0.25) is 0 Å². The molecule has 0 unspecified atom stereocenters. The average molecular weight is 248 g/mol. The van der Waals surface area contributed by atoms with E-state index in [1.807, 2.05) is 0 Å². The summed E-state index contributed by atoms with van der Waals surface area (Å²) < 4.78 is 16.6. The number of nitrogens with one attached hydrogen (secondary N) is 1. The molecule has 0 fully saturated rings. The van der Waals surface area contributed by atoms with Crippen molar-refractivity contribution in [2.75, 3.05) is 5.32 Å². The van der Waals surface area contributed by atoms with Crippen LogP contribution in [0.4, 0.5) is 10.1 Å². The number of nitriles is 1. The van der Waals surface area contributed by atoms with Crippen molar-refractivity contribution in [3.8, 4) is 6.07 Å².